The molecule has 10 nitrogen and oxygen atoms in total. The molecule has 0 bridgehead atoms. The third kappa shape index (κ3) is 4.48. The van der Waals surface area contributed by atoms with Crippen LogP contribution in [0.15, 0.2) is 93.9 Å². The van der Waals surface area contributed by atoms with Gasteiger partial charge in [0.1, 0.15) is 18.6 Å². The third-order valence-corrected chi connectivity index (χ3v) is 5.49. The Labute approximate surface area is 191 Å². The first-order valence-electron chi connectivity index (χ1n) is 9.81. The normalized spacial score (nSPS) is 10.9. The average molecular weight is 460 g/mol. The maximum Gasteiger partial charge on any atom is 0.341 e. The zero-order chi connectivity index (χ0) is 22.6. The molecule has 3 aromatic heterocycles. The number of benzene rings is 2. The number of nitrogens with zero attached hydrogens (tertiary/aromatic N) is 5. The summed E-state index contributed by atoms with van der Waals surface area (Å²) in [5, 5.41) is 20.3. The minimum Gasteiger partial charge on any atom is -0.489 e. The topological polar surface area (TPSA) is 125 Å². The van der Waals surface area contributed by atoms with Gasteiger partial charge in [-0.3, -0.25) is 4.57 Å². The molecule has 0 unspecified atom stereocenters. The van der Waals surface area contributed by atoms with Gasteiger partial charge in [0.25, 0.3) is 5.16 Å². The maximum atomic E-state index is 11.0. The van der Waals surface area contributed by atoms with Crippen molar-refractivity contribution in [2.75, 3.05) is 0 Å². The van der Waals surface area contributed by atoms with E-state index in [1.165, 1.54) is 0 Å². The van der Waals surface area contributed by atoms with Crippen LogP contribution in [0.1, 0.15) is 5.56 Å². The molecule has 0 aliphatic rings. The summed E-state index contributed by atoms with van der Waals surface area (Å²) in [5.74, 6) is 1.53. The first kappa shape index (κ1) is 20.5. The first-order valence-corrected chi connectivity index (χ1v) is 10.6. The maximum absolute atomic E-state index is 11.0. The van der Waals surface area contributed by atoms with E-state index in [1.807, 2.05) is 54.6 Å². The molecule has 33 heavy (non-hydrogen) atoms. The molecule has 0 saturated carbocycles. The highest BCUT2D eigenvalue weighted by Gasteiger charge is 2.21. The highest BCUT2D eigenvalue weighted by Crippen LogP contribution is 2.32. The minimum atomic E-state index is -0.537. The molecular weight excluding hydrogens is 444 g/mol. The summed E-state index contributed by atoms with van der Waals surface area (Å²) in [6, 6.07) is 20.9. The van der Waals surface area contributed by atoms with Crippen molar-refractivity contribution in [1.29, 1.82) is 0 Å². The Morgan fingerprint density at radius 3 is 2.58 bits per heavy atom. The number of aromatic nitrogens is 5. The number of nitro groups is 1. The highest BCUT2D eigenvalue weighted by molar-refractivity contribution is 7.99. The Kier molecular flexibility index (Phi) is 5.60. The van der Waals surface area contributed by atoms with Gasteiger partial charge in [-0.1, -0.05) is 30.3 Å². The number of aromatic amines is 1. The zero-order valence-electron chi connectivity index (χ0n) is 17.0. The van der Waals surface area contributed by atoms with Gasteiger partial charge in [0.05, 0.1) is 12.0 Å². The van der Waals surface area contributed by atoms with Crippen LogP contribution in [0.3, 0.4) is 0 Å². The first-order chi connectivity index (χ1) is 16.2. The van der Waals surface area contributed by atoms with Gasteiger partial charge in [-0.15, -0.1) is 10.2 Å². The van der Waals surface area contributed by atoms with Crippen LogP contribution in [0.2, 0.25) is 0 Å². The van der Waals surface area contributed by atoms with Crippen molar-refractivity contribution in [2.45, 2.75) is 16.9 Å². The number of hydrogen-bond acceptors (Lipinski definition) is 8. The van der Waals surface area contributed by atoms with Crippen molar-refractivity contribution in [2.24, 2.45) is 0 Å². The van der Waals surface area contributed by atoms with E-state index in [9.17, 15) is 10.1 Å². The van der Waals surface area contributed by atoms with Crippen LogP contribution in [-0.4, -0.2) is 29.7 Å². The SMILES string of the molecule is O=[N+]([O-])c1cnc(Sc2nnc(-c3ccco3)n2-c2ccc(OCc3ccccc3)cc2)[nH]1. The summed E-state index contributed by atoms with van der Waals surface area (Å²) in [6.45, 7) is 0.461. The molecule has 3 heterocycles. The van der Waals surface area contributed by atoms with E-state index in [0.717, 1.165) is 29.2 Å². The van der Waals surface area contributed by atoms with Gasteiger partial charge in [-0.05, 0) is 46.9 Å². The largest absolute Gasteiger partial charge is 0.489 e. The number of imidazole rings is 1. The predicted molar refractivity (Wildman–Crippen MR) is 119 cm³/mol. The second-order valence-electron chi connectivity index (χ2n) is 6.82. The Hall–Kier alpha value is -4.38. The summed E-state index contributed by atoms with van der Waals surface area (Å²) < 4.78 is 13.2. The fraction of sp³-hybridized carbons (Fsp3) is 0.0455. The molecule has 0 spiro atoms. The molecule has 0 saturated heterocycles. The molecule has 5 rings (SSSR count). The Bertz CT molecular complexity index is 1360. The number of ether oxygens (including phenoxy) is 1. The highest BCUT2D eigenvalue weighted by atomic mass is 32.2. The lowest BCUT2D eigenvalue weighted by atomic mass is 10.2. The summed E-state index contributed by atoms with van der Waals surface area (Å²) in [7, 11) is 0. The van der Waals surface area contributed by atoms with Crippen molar-refractivity contribution < 1.29 is 14.1 Å². The summed E-state index contributed by atoms with van der Waals surface area (Å²) in [4.78, 5) is 17.1. The van der Waals surface area contributed by atoms with Crippen LogP contribution in [0, 0.1) is 10.1 Å². The van der Waals surface area contributed by atoms with Gasteiger partial charge in [0.2, 0.25) is 11.0 Å². The standard InChI is InChI=1S/C22H16N6O4S/c29-28(30)19-13-23-21(24-19)33-22-26-25-20(18-7-4-12-31-18)27(22)16-8-10-17(11-9-16)32-14-15-5-2-1-3-6-15/h1-13H,14H2,(H,23,24). The Balaban J connectivity index is 1.44. The molecule has 1 N–H and O–H groups in total. The number of hydrogen-bond donors (Lipinski definition) is 1. The van der Waals surface area contributed by atoms with Crippen LogP contribution in [0.4, 0.5) is 5.82 Å². The van der Waals surface area contributed by atoms with Crippen molar-refractivity contribution in [1.82, 2.24) is 24.7 Å². The van der Waals surface area contributed by atoms with E-state index in [-0.39, 0.29) is 5.82 Å². The van der Waals surface area contributed by atoms with E-state index in [1.54, 1.807) is 23.0 Å². The molecule has 0 amide bonds. The molecule has 0 atom stereocenters. The minimum absolute atomic E-state index is 0.199. The average Bonchev–Trinajstić information content (AvgIpc) is 3.60. The molecule has 2 aromatic carbocycles. The van der Waals surface area contributed by atoms with Crippen molar-refractivity contribution in [3.05, 3.63) is 94.9 Å². The summed E-state index contributed by atoms with van der Waals surface area (Å²) in [6.07, 6.45) is 2.72. The van der Waals surface area contributed by atoms with E-state index < -0.39 is 4.92 Å². The summed E-state index contributed by atoms with van der Waals surface area (Å²) in [5.41, 5.74) is 1.84. The van der Waals surface area contributed by atoms with Crippen LogP contribution < -0.4 is 4.74 Å². The lowest BCUT2D eigenvalue weighted by Gasteiger charge is -2.10. The smallest absolute Gasteiger partial charge is 0.341 e. The van der Waals surface area contributed by atoms with Gasteiger partial charge >= 0.3 is 5.82 Å². The van der Waals surface area contributed by atoms with Crippen molar-refractivity contribution in [3.8, 4) is 23.0 Å². The molecule has 164 valence electrons. The van der Waals surface area contributed by atoms with Crippen molar-refractivity contribution in [3.63, 3.8) is 0 Å². The van der Waals surface area contributed by atoms with Gasteiger partial charge in [-0.25, -0.2) is 9.97 Å². The monoisotopic (exact) mass is 460 g/mol. The number of furan rings is 1. The molecule has 0 aliphatic carbocycles. The Morgan fingerprint density at radius 1 is 1.06 bits per heavy atom. The second-order valence-corrected chi connectivity index (χ2v) is 7.78. The van der Waals surface area contributed by atoms with Gasteiger partial charge in [-0.2, -0.15) is 0 Å². The van der Waals surface area contributed by atoms with Gasteiger partial charge in [0, 0.05) is 11.8 Å². The van der Waals surface area contributed by atoms with E-state index in [0.29, 0.717) is 34.3 Å². The lowest BCUT2D eigenvalue weighted by Crippen LogP contribution is -2.00. The third-order valence-electron chi connectivity index (χ3n) is 4.64. The van der Waals surface area contributed by atoms with E-state index in [2.05, 4.69) is 20.2 Å². The van der Waals surface area contributed by atoms with Crippen LogP contribution in [0.25, 0.3) is 17.3 Å². The quantitative estimate of drug-likeness (QED) is 0.256. The molecule has 0 radical (unpaired) electrons. The molecule has 11 heteroatoms. The predicted octanol–water partition coefficient (Wildman–Crippen LogP) is 4.89. The van der Waals surface area contributed by atoms with Crippen LogP contribution in [0.5, 0.6) is 5.75 Å². The molecule has 0 fully saturated rings. The molecule has 0 aliphatic heterocycles. The molecular formula is C22H16N6O4S. The van der Waals surface area contributed by atoms with Crippen LogP contribution in [-0.2, 0) is 6.61 Å². The van der Waals surface area contributed by atoms with Gasteiger partial charge < -0.3 is 19.3 Å². The zero-order valence-corrected chi connectivity index (χ0v) is 17.8. The Morgan fingerprint density at radius 2 is 1.88 bits per heavy atom. The fourth-order valence-corrected chi connectivity index (χ4v) is 3.89. The lowest BCUT2D eigenvalue weighted by molar-refractivity contribution is -0.389. The number of nitrogens with one attached hydrogen (secondary N) is 1. The number of H-pyrrole nitrogens is 1. The van der Waals surface area contributed by atoms with Crippen molar-refractivity contribution >= 4 is 17.6 Å². The van der Waals surface area contributed by atoms with Gasteiger partial charge in [0.15, 0.2) is 5.76 Å². The second kappa shape index (κ2) is 9.01. The van der Waals surface area contributed by atoms with E-state index >= 15 is 0 Å². The van der Waals surface area contributed by atoms with E-state index in [4.69, 9.17) is 9.15 Å². The van der Waals surface area contributed by atoms with Crippen LogP contribution >= 0.6 is 11.8 Å². The number of rotatable bonds is 8. The summed E-state index contributed by atoms with van der Waals surface area (Å²) >= 11 is 1.12. The molecule has 5 aromatic rings. The fourth-order valence-electron chi connectivity index (χ4n) is 3.09.